The molecule has 1 aromatic heterocycles. The summed E-state index contributed by atoms with van der Waals surface area (Å²) in [6.07, 6.45) is 1.54. The van der Waals surface area contributed by atoms with Crippen molar-refractivity contribution in [3.8, 4) is 5.69 Å². The maximum absolute atomic E-state index is 13.6. The Kier molecular flexibility index (Phi) is 4.25. The van der Waals surface area contributed by atoms with E-state index in [1.165, 1.54) is 18.2 Å². The van der Waals surface area contributed by atoms with Gasteiger partial charge in [-0.3, -0.25) is 4.99 Å². The van der Waals surface area contributed by atoms with Crippen LogP contribution in [0.3, 0.4) is 0 Å². The molecule has 0 N–H and O–H groups in total. The lowest BCUT2D eigenvalue weighted by Crippen LogP contribution is -1.99. The molecular weight excluding hydrogens is 313 g/mol. The molecule has 0 aliphatic carbocycles. The van der Waals surface area contributed by atoms with Crippen molar-refractivity contribution in [3.63, 3.8) is 0 Å². The van der Waals surface area contributed by atoms with Crippen LogP contribution in [0, 0.1) is 31.3 Å². The molecule has 0 saturated carbocycles. The molecule has 0 amide bonds. The molecule has 0 saturated heterocycles. The van der Waals surface area contributed by atoms with Crippen LogP contribution in [0.4, 0.5) is 18.9 Å². The lowest BCUT2D eigenvalue weighted by atomic mass is 10.2. The fourth-order valence-corrected chi connectivity index (χ4v) is 2.63. The predicted octanol–water partition coefficient (Wildman–Crippen LogP) is 5.26. The van der Waals surface area contributed by atoms with Gasteiger partial charge in [0.05, 0.1) is 5.69 Å². The van der Waals surface area contributed by atoms with Crippen molar-refractivity contribution in [3.05, 3.63) is 82.9 Å². The number of aromatic nitrogens is 1. The molecule has 1 heterocycles. The minimum Gasteiger partial charge on any atom is -0.318 e. The standard InChI is InChI=1S/C19H15F3N2/c1-12-9-14(11-23-19-8-5-16(21)10-18(19)22)13(2)24(12)17-6-3-15(20)4-7-17/h3-11H,1-2H3. The Morgan fingerprint density at radius 2 is 1.54 bits per heavy atom. The van der Waals surface area contributed by atoms with Crippen molar-refractivity contribution in [1.82, 2.24) is 4.57 Å². The average Bonchev–Trinajstić information content (AvgIpc) is 2.82. The predicted molar refractivity (Wildman–Crippen MR) is 88.8 cm³/mol. The van der Waals surface area contributed by atoms with Crippen molar-refractivity contribution in [2.45, 2.75) is 13.8 Å². The molecule has 0 unspecified atom stereocenters. The summed E-state index contributed by atoms with van der Waals surface area (Å²) >= 11 is 0. The van der Waals surface area contributed by atoms with Crippen molar-refractivity contribution in [1.29, 1.82) is 0 Å². The molecule has 0 atom stereocenters. The van der Waals surface area contributed by atoms with E-state index >= 15 is 0 Å². The van der Waals surface area contributed by atoms with Crippen LogP contribution in [0.5, 0.6) is 0 Å². The Balaban J connectivity index is 1.97. The summed E-state index contributed by atoms with van der Waals surface area (Å²) in [6.45, 7) is 3.82. The molecule has 2 nitrogen and oxygen atoms in total. The molecule has 0 bridgehead atoms. The van der Waals surface area contributed by atoms with E-state index in [9.17, 15) is 13.2 Å². The molecule has 0 radical (unpaired) electrons. The molecule has 0 aliphatic heterocycles. The van der Waals surface area contributed by atoms with Crippen LogP contribution < -0.4 is 0 Å². The Morgan fingerprint density at radius 1 is 0.875 bits per heavy atom. The highest BCUT2D eigenvalue weighted by molar-refractivity contribution is 5.84. The zero-order valence-electron chi connectivity index (χ0n) is 13.2. The molecule has 0 aliphatic rings. The number of rotatable bonds is 3. The van der Waals surface area contributed by atoms with Crippen LogP contribution in [0.2, 0.25) is 0 Å². The van der Waals surface area contributed by atoms with Crippen LogP contribution >= 0.6 is 0 Å². The van der Waals surface area contributed by atoms with E-state index in [1.807, 2.05) is 24.5 Å². The summed E-state index contributed by atoms with van der Waals surface area (Å²) in [5, 5.41) is 0. The molecule has 3 rings (SSSR count). The fraction of sp³-hybridized carbons (Fsp3) is 0.105. The van der Waals surface area contributed by atoms with Crippen LogP contribution in [0.15, 0.2) is 53.5 Å². The second-order valence-corrected chi connectivity index (χ2v) is 5.49. The number of benzene rings is 2. The molecule has 0 spiro atoms. The van der Waals surface area contributed by atoms with E-state index < -0.39 is 11.6 Å². The monoisotopic (exact) mass is 328 g/mol. The van der Waals surface area contributed by atoms with Gasteiger partial charge in [0.2, 0.25) is 0 Å². The lowest BCUT2D eigenvalue weighted by molar-refractivity contribution is 0.585. The first-order valence-electron chi connectivity index (χ1n) is 7.39. The third-order valence-corrected chi connectivity index (χ3v) is 3.81. The largest absolute Gasteiger partial charge is 0.318 e. The SMILES string of the molecule is Cc1cc(C=Nc2ccc(F)cc2F)c(C)n1-c1ccc(F)cc1. The summed E-state index contributed by atoms with van der Waals surface area (Å²) in [5.74, 6) is -1.64. The Bertz CT molecular complexity index is 909. The van der Waals surface area contributed by atoms with Crippen LogP contribution in [0.1, 0.15) is 17.0 Å². The van der Waals surface area contributed by atoms with Gasteiger partial charge in [-0.2, -0.15) is 0 Å². The van der Waals surface area contributed by atoms with Crippen molar-refractivity contribution < 1.29 is 13.2 Å². The van der Waals surface area contributed by atoms with E-state index in [4.69, 9.17) is 0 Å². The molecular formula is C19H15F3N2. The third kappa shape index (κ3) is 3.11. The summed E-state index contributed by atoms with van der Waals surface area (Å²) in [5.41, 5.74) is 3.55. The Morgan fingerprint density at radius 3 is 2.21 bits per heavy atom. The van der Waals surface area contributed by atoms with E-state index in [2.05, 4.69) is 4.99 Å². The van der Waals surface area contributed by atoms with Crippen molar-refractivity contribution >= 4 is 11.9 Å². The van der Waals surface area contributed by atoms with Gasteiger partial charge in [-0.1, -0.05) is 0 Å². The maximum Gasteiger partial charge on any atom is 0.151 e. The van der Waals surface area contributed by atoms with Crippen LogP contribution in [0.25, 0.3) is 5.69 Å². The van der Waals surface area contributed by atoms with E-state index in [0.717, 1.165) is 34.8 Å². The highest BCUT2D eigenvalue weighted by Gasteiger charge is 2.10. The van der Waals surface area contributed by atoms with Gasteiger partial charge < -0.3 is 4.57 Å². The minimum absolute atomic E-state index is 0.0722. The number of hydrogen-bond acceptors (Lipinski definition) is 1. The minimum atomic E-state index is -0.710. The molecule has 24 heavy (non-hydrogen) atoms. The van der Waals surface area contributed by atoms with Gasteiger partial charge in [0.15, 0.2) is 5.82 Å². The second kappa shape index (κ2) is 6.35. The van der Waals surface area contributed by atoms with Crippen molar-refractivity contribution in [2.75, 3.05) is 0 Å². The molecule has 122 valence electrons. The number of aliphatic imine (C=N–C) groups is 1. The number of aryl methyl sites for hydroxylation is 1. The second-order valence-electron chi connectivity index (χ2n) is 5.49. The quantitative estimate of drug-likeness (QED) is 0.583. The third-order valence-electron chi connectivity index (χ3n) is 3.81. The molecule has 3 aromatic rings. The highest BCUT2D eigenvalue weighted by atomic mass is 19.1. The first-order chi connectivity index (χ1) is 11.5. The zero-order chi connectivity index (χ0) is 17.3. The summed E-state index contributed by atoms with van der Waals surface area (Å²) in [6, 6.07) is 11.3. The molecule has 0 fully saturated rings. The van der Waals surface area contributed by atoms with Gasteiger partial charge >= 0.3 is 0 Å². The average molecular weight is 328 g/mol. The smallest absolute Gasteiger partial charge is 0.151 e. The number of hydrogen-bond donors (Lipinski definition) is 0. The highest BCUT2D eigenvalue weighted by Crippen LogP contribution is 2.22. The van der Waals surface area contributed by atoms with Crippen molar-refractivity contribution in [2.24, 2.45) is 4.99 Å². The topological polar surface area (TPSA) is 17.3 Å². The first-order valence-corrected chi connectivity index (χ1v) is 7.39. The molecule has 5 heteroatoms. The maximum atomic E-state index is 13.6. The van der Waals surface area contributed by atoms with Gasteiger partial charge in [-0.05, 0) is 56.3 Å². The van der Waals surface area contributed by atoms with Gasteiger partial charge in [-0.25, -0.2) is 13.2 Å². The van der Waals surface area contributed by atoms with Gasteiger partial charge in [-0.15, -0.1) is 0 Å². The Labute approximate surface area is 137 Å². The lowest BCUT2D eigenvalue weighted by Gasteiger charge is -2.09. The summed E-state index contributed by atoms with van der Waals surface area (Å²) in [4.78, 5) is 4.10. The zero-order valence-corrected chi connectivity index (χ0v) is 13.2. The van der Waals surface area contributed by atoms with E-state index in [1.54, 1.807) is 18.3 Å². The summed E-state index contributed by atoms with van der Waals surface area (Å²) < 4.78 is 41.6. The normalized spacial score (nSPS) is 11.4. The van der Waals surface area contributed by atoms with Gasteiger partial charge in [0, 0.05) is 34.9 Å². The van der Waals surface area contributed by atoms with Gasteiger partial charge in [0.1, 0.15) is 11.6 Å². The molecule has 2 aromatic carbocycles. The first kappa shape index (κ1) is 16.1. The van der Waals surface area contributed by atoms with Crippen LogP contribution in [-0.4, -0.2) is 10.8 Å². The van der Waals surface area contributed by atoms with E-state index in [0.29, 0.717) is 0 Å². The van der Waals surface area contributed by atoms with Crippen LogP contribution in [-0.2, 0) is 0 Å². The Hall–Kier alpha value is -2.82. The van der Waals surface area contributed by atoms with Gasteiger partial charge in [0.25, 0.3) is 0 Å². The number of nitrogens with zero attached hydrogens (tertiary/aromatic N) is 2. The van der Waals surface area contributed by atoms with E-state index in [-0.39, 0.29) is 11.5 Å². The fourth-order valence-electron chi connectivity index (χ4n) is 2.63. The number of halogens is 3. The summed E-state index contributed by atoms with van der Waals surface area (Å²) in [7, 11) is 0.